The van der Waals surface area contributed by atoms with Crippen LogP contribution < -0.4 is 10.1 Å². The molecule has 0 fully saturated rings. The van der Waals surface area contributed by atoms with Gasteiger partial charge in [0.15, 0.2) is 6.61 Å². The topological polar surface area (TPSA) is 38.3 Å². The van der Waals surface area contributed by atoms with Crippen molar-refractivity contribution >= 4 is 23.2 Å². The van der Waals surface area contributed by atoms with E-state index in [9.17, 15) is 13.6 Å². The zero-order chi connectivity index (χ0) is 15.4. The molecule has 1 N–H and O–H groups in total. The molecule has 0 aliphatic carbocycles. The first kappa shape index (κ1) is 15.3. The van der Waals surface area contributed by atoms with Crippen LogP contribution in [0.3, 0.4) is 0 Å². The molecule has 0 aromatic heterocycles. The molecule has 0 spiro atoms. The molecule has 0 heterocycles. The molecule has 0 aliphatic heterocycles. The van der Waals surface area contributed by atoms with E-state index >= 15 is 0 Å². The second-order valence-electron chi connectivity index (χ2n) is 4.37. The van der Waals surface area contributed by atoms with E-state index in [0.29, 0.717) is 10.8 Å². The van der Waals surface area contributed by atoms with Gasteiger partial charge in [0.1, 0.15) is 17.4 Å². The van der Waals surface area contributed by atoms with E-state index in [4.69, 9.17) is 16.3 Å². The highest BCUT2D eigenvalue weighted by atomic mass is 35.5. The van der Waals surface area contributed by atoms with E-state index in [1.165, 1.54) is 0 Å². The number of ether oxygens (including phenoxy) is 1. The minimum Gasteiger partial charge on any atom is -0.483 e. The summed E-state index contributed by atoms with van der Waals surface area (Å²) in [6.45, 7) is 1.46. The van der Waals surface area contributed by atoms with Crippen LogP contribution in [0.15, 0.2) is 36.4 Å². The van der Waals surface area contributed by atoms with Crippen LogP contribution in [0.25, 0.3) is 0 Å². The Balaban J connectivity index is 1.97. The van der Waals surface area contributed by atoms with Crippen LogP contribution in [0.2, 0.25) is 5.02 Å². The number of aryl methyl sites for hydroxylation is 1. The van der Waals surface area contributed by atoms with E-state index < -0.39 is 17.5 Å². The van der Waals surface area contributed by atoms with Crippen molar-refractivity contribution in [3.63, 3.8) is 0 Å². The second-order valence-corrected chi connectivity index (χ2v) is 4.81. The average molecular weight is 312 g/mol. The molecule has 0 bridgehead atoms. The normalized spacial score (nSPS) is 10.3. The number of anilines is 1. The number of hydrogen-bond acceptors (Lipinski definition) is 2. The number of carbonyl (C=O) groups is 1. The maximum Gasteiger partial charge on any atom is 0.262 e. The van der Waals surface area contributed by atoms with Crippen molar-refractivity contribution in [3.05, 3.63) is 58.6 Å². The zero-order valence-electron chi connectivity index (χ0n) is 11.1. The molecule has 110 valence electrons. The summed E-state index contributed by atoms with van der Waals surface area (Å²) < 4.78 is 31.7. The van der Waals surface area contributed by atoms with Gasteiger partial charge >= 0.3 is 0 Å². The third-order valence-corrected chi connectivity index (χ3v) is 2.93. The Morgan fingerprint density at radius 1 is 1.24 bits per heavy atom. The standard InChI is InChI=1S/C15H12ClF2NO2/c1-9-6-10(16)2-5-14(9)21-8-15(20)19-13-7-11(17)3-4-12(13)18/h2-7H,8H2,1H3,(H,19,20). The van der Waals surface area contributed by atoms with Crippen LogP contribution in [0.4, 0.5) is 14.5 Å². The molecule has 1 amide bonds. The molecule has 3 nitrogen and oxygen atoms in total. The fourth-order valence-corrected chi connectivity index (χ4v) is 1.92. The van der Waals surface area contributed by atoms with Crippen molar-refractivity contribution in [3.8, 4) is 5.75 Å². The van der Waals surface area contributed by atoms with E-state index in [2.05, 4.69) is 5.32 Å². The number of carbonyl (C=O) groups excluding carboxylic acids is 1. The van der Waals surface area contributed by atoms with Crippen molar-refractivity contribution in [1.82, 2.24) is 0 Å². The van der Waals surface area contributed by atoms with Gasteiger partial charge in [-0.2, -0.15) is 0 Å². The van der Waals surface area contributed by atoms with Crippen molar-refractivity contribution in [2.75, 3.05) is 11.9 Å². The molecule has 0 saturated carbocycles. The van der Waals surface area contributed by atoms with E-state index in [1.54, 1.807) is 25.1 Å². The molecule has 0 unspecified atom stereocenters. The minimum atomic E-state index is -0.715. The van der Waals surface area contributed by atoms with Crippen molar-refractivity contribution in [2.24, 2.45) is 0 Å². The van der Waals surface area contributed by atoms with Crippen molar-refractivity contribution < 1.29 is 18.3 Å². The summed E-state index contributed by atoms with van der Waals surface area (Å²) in [4.78, 5) is 11.7. The largest absolute Gasteiger partial charge is 0.483 e. The first-order valence-electron chi connectivity index (χ1n) is 6.09. The van der Waals surface area contributed by atoms with Crippen LogP contribution in [0.1, 0.15) is 5.56 Å². The maximum atomic E-state index is 13.4. The monoisotopic (exact) mass is 311 g/mol. The third kappa shape index (κ3) is 4.16. The highest BCUT2D eigenvalue weighted by molar-refractivity contribution is 6.30. The van der Waals surface area contributed by atoms with Gasteiger partial charge in [-0.3, -0.25) is 4.79 Å². The van der Waals surface area contributed by atoms with Crippen LogP contribution in [0.5, 0.6) is 5.75 Å². The summed E-state index contributed by atoms with van der Waals surface area (Å²) in [5.74, 6) is -1.45. The zero-order valence-corrected chi connectivity index (χ0v) is 11.9. The fourth-order valence-electron chi connectivity index (χ4n) is 1.70. The highest BCUT2D eigenvalue weighted by Crippen LogP contribution is 2.22. The quantitative estimate of drug-likeness (QED) is 0.928. The molecule has 0 aliphatic rings. The van der Waals surface area contributed by atoms with Crippen molar-refractivity contribution in [1.29, 1.82) is 0 Å². The number of halogens is 3. The SMILES string of the molecule is Cc1cc(Cl)ccc1OCC(=O)Nc1cc(F)ccc1F. The molecule has 21 heavy (non-hydrogen) atoms. The smallest absolute Gasteiger partial charge is 0.262 e. The van der Waals surface area contributed by atoms with E-state index in [1.807, 2.05) is 0 Å². The molecular formula is C15H12ClF2NO2. The van der Waals surface area contributed by atoms with Gasteiger partial charge in [-0.05, 0) is 42.8 Å². The van der Waals surface area contributed by atoms with Crippen LogP contribution >= 0.6 is 11.6 Å². The molecule has 2 rings (SSSR count). The number of nitrogens with one attached hydrogen (secondary N) is 1. The second kappa shape index (κ2) is 6.54. The lowest BCUT2D eigenvalue weighted by atomic mass is 10.2. The fraction of sp³-hybridized carbons (Fsp3) is 0.133. The number of amides is 1. The lowest BCUT2D eigenvalue weighted by molar-refractivity contribution is -0.118. The maximum absolute atomic E-state index is 13.4. The first-order chi connectivity index (χ1) is 9.95. The van der Waals surface area contributed by atoms with Gasteiger partial charge in [0.2, 0.25) is 0 Å². The van der Waals surface area contributed by atoms with Crippen LogP contribution in [0, 0.1) is 18.6 Å². The van der Waals surface area contributed by atoms with Gasteiger partial charge < -0.3 is 10.1 Å². The summed E-state index contributed by atoms with van der Waals surface area (Å²) in [7, 11) is 0. The number of benzene rings is 2. The molecule has 2 aromatic carbocycles. The minimum absolute atomic E-state index is 0.226. The van der Waals surface area contributed by atoms with Gasteiger partial charge in [0.25, 0.3) is 5.91 Å². The van der Waals surface area contributed by atoms with Crippen molar-refractivity contribution in [2.45, 2.75) is 6.92 Å². The summed E-state index contributed by atoms with van der Waals surface area (Å²) in [5, 5.41) is 2.81. The number of rotatable bonds is 4. The Morgan fingerprint density at radius 3 is 2.71 bits per heavy atom. The Kier molecular flexibility index (Phi) is 4.75. The first-order valence-corrected chi connectivity index (χ1v) is 6.47. The molecular weight excluding hydrogens is 300 g/mol. The predicted octanol–water partition coefficient (Wildman–Crippen LogP) is 3.94. The van der Waals surface area contributed by atoms with E-state index in [0.717, 1.165) is 23.8 Å². The molecule has 0 radical (unpaired) electrons. The van der Waals surface area contributed by atoms with Gasteiger partial charge in [0.05, 0.1) is 5.69 Å². The molecule has 0 atom stereocenters. The Labute approximate surface area is 125 Å². The molecule has 2 aromatic rings. The highest BCUT2D eigenvalue weighted by Gasteiger charge is 2.09. The van der Waals surface area contributed by atoms with Gasteiger partial charge in [-0.25, -0.2) is 8.78 Å². The summed E-state index contributed by atoms with van der Waals surface area (Å²) >= 11 is 5.81. The lowest BCUT2D eigenvalue weighted by Crippen LogP contribution is -2.21. The average Bonchev–Trinajstić information content (AvgIpc) is 2.42. The predicted molar refractivity (Wildman–Crippen MR) is 76.7 cm³/mol. The third-order valence-electron chi connectivity index (χ3n) is 2.70. The van der Waals surface area contributed by atoms with Gasteiger partial charge in [-0.15, -0.1) is 0 Å². The van der Waals surface area contributed by atoms with Gasteiger partial charge in [-0.1, -0.05) is 11.6 Å². The molecule has 6 heteroatoms. The Hall–Kier alpha value is -2.14. The van der Waals surface area contributed by atoms with Crippen LogP contribution in [-0.2, 0) is 4.79 Å². The summed E-state index contributed by atoms with van der Waals surface area (Å²) in [5.41, 5.74) is 0.545. The summed E-state index contributed by atoms with van der Waals surface area (Å²) in [6, 6.07) is 7.78. The van der Waals surface area contributed by atoms with Gasteiger partial charge in [0, 0.05) is 11.1 Å². The molecule has 0 saturated heterocycles. The summed E-state index contributed by atoms with van der Waals surface area (Å²) in [6.07, 6.45) is 0. The Bertz CT molecular complexity index is 677. The van der Waals surface area contributed by atoms with Crippen LogP contribution in [-0.4, -0.2) is 12.5 Å². The Morgan fingerprint density at radius 2 is 2.00 bits per heavy atom. The number of hydrogen-bond donors (Lipinski definition) is 1. The lowest BCUT2D eigenvalue weighted by Gasteiger charge is -2.10. The van der Waals surface area contributed by atoms with E-state index in [-0.39, 0.29) is 12.3 Å².